The standard InChI is InChI=1S/C9H14Br2N2OS/c1-5(2)14-4-7(13-12)8-3-6(10)9(11)15-8/h3,5,7,13H,4,12H2,1-2H3. The maximum absolute atomic E-state index is 5.53. The number of halogens is 2. The van der Waals surface area contributed by atoms with Gasteiger partial charge in [0, 0.05) is 9.35 Å². The van der Waals surface area contributed by atoms with Gasteiger partial charge in [-0.3, -0.25) is 5.84 Å². The topological polar surface area (TPSA) is 47.3 Å². The van der Waals surface area contributed by atoms with Crippen molar-refractivity contribution in [3.05, 3.63) is 19.2 Å². The Bertz CT molecular complexity index is 298. The molecule has 0 saturated heterocycles. The first-order chi connectivity index (χ1) is 7.04. The molecule has 15 heavy (non-hydrogen) atoms. The number of nitrogens with two attached hydrogens (primary N) is 1. The third kappa shape index (κ3) is 4.13. The van der Waals surface area contributed by atoms with E-state index < -0.39 is 0 Å². The number of hydrogen-bond acceptors (Lipinski definition) is 4. The van der Waals surface area contributed by atoms with E-state index in [1.165, 1.54) is 0 Å². The van der Waals surface area contributed by atoms with E-state index in [1.807, 2.05) is 19.9 Å². The highest BCUT2D eigenvalue weighted by Crippen LogP contribution is 2.35. The third-order valence-corrected chi connectivity index (χ3v) is 5.17. The molecule has 1 rings (SSSR count). The number of hydrogen-bond donors (Lipinski definition) is 2. The smallest absolute Gasteiger partial charge is 0.0843 e. The fraction of sp³-hybridized carbons (Fsp3) is 0.556. The van der Waals surface area contributed by atoms with Crippen LogP contribution >= 0.6 is 43.2 Å². The quantitative estimate of drug-likeness (QED) is 0.628. The Morgan fingerprint density at radius 1 is 1.53 bits per heavy atom. The summed E-state index contributed by atoms with van der Waals surface area (Å²) in [4.78, 5) is 1.15. The van der Waals surface area contributed by atoms with Gasteiger partial charge < -0.3 is 4.74 Å². The van der Waals surface area contributed by atoms with Gasteiger partial charge in [-0.15, -0.1) is 11.3 Å². The van der Waals surface area contributed by atoms with E-state index in [1.54, 1.807) is 11.3 Å². The third-order valence-electron chi connectivity index (χ3n) is 1.81. The molecule has 0 aliphatic heterocycles. The zero-order valence-corrected chi connectivity index (χ0v) is 12.6. The lowest BCUT2D eigenvalue weighted by Crippen LogP contribution is -2.31. The van der Waals surface area contributed by atoms with Gasteiger partial charge in [0.1, 0.15) is 0 Å². The number of rotatable bonds is 5. The lowest BCUT2D eigenvalue weighted by atomic mass is 10.2. The summed E-state index contributed by atoms with van der Waals surface area (Å²) in [5, 5.41) is 0. The Labute approximate surface area is 111 Å². The van der Waals surface area contributed by atoms with E-state index >= 15 is 0 Å². The molecule has 1 atom stereocenters. The zero-order valence-electron chi connectivity index (χ0n) is 8.59. The molecule has 0 amide bonds. The maximum atomic E-state index is 5.53. The molecule has 1 aromatic rings. The molecule has 0 aliphatic rings. The lowest BCUT2D eigenvalue weighted by molar-refractivity contribution is 0.0618. The second-order valence-corrected chi connectivity index (χ2v) is 6.63. The Kier molecular flexibility index (Phi) is 5.73. The largest absolute Gasteiger partial charge is 0.377 e. The van der Waals surface area contributed by atoms with E-state index in [0.29, 0.717) is 6.61 Å². The van der Waals surface area contributed by atoms with Gasteiger partial charge in [0.2, 0.25) is 0 Å². The summed E-state index contributed by atoms with van der Waals surface area (Å²) in [5.74, 6) is 5.50. The first kappa shape index (κ1) is 13.6. The van der Waals surface area contributed by atoms with Crippen LogP contribution in [0.4, 0.5) is 0 Å². The molecule has 0 radical (unpaired) electrons. The second-order valence-electron chi connectivity index (χ2n) is 3.37. The van der Waals surface area contributed by atoms with Crippen molar-refractivity contribution < 1.29 is 4.74 Å². The van der Waals surface area contributed by atoms with E-state index in [2.05, 4.69) is 37.3 Å². The highest BCUT2D eigenvalue weighted by molar-refractivity contribution is 9.13. The van der Waals surface area contributed by atoms with Crippen LogP contribution in [0.25, 0.3) is 0 Å². The van der Waals surface area contributed by atoms with Crippen molar-refractivity contribution in [1.82, 2.24) is 5.43 Å². The van der Waals surface area contributed by atoms with Crippen molar-refractivity contribution in [2.75, 3.05) is 6.61 Å². The first-order valence-electron chi connectivity index (χ1n) is 4.57. The molecule has 1 heterocycles. The van der Waals surface area contributed by atoms with Gasteiger partial charge >= 0.3 is 0 Å². The number of nitrogens with one attached hydrogen (secondary N) is 1. The molecule has 3 N–H and O–H groups in total. The SMILES string of the molecule is CC(C)OCC(NN)c1cc(Br)c(Br)s1. The summed E-state index contributed by atoms with van der Waals surface area (Å²) >= 11 is 8.55. The number of ether oxygens (including phenoxy) is 1. The van der Waals surface area contributed by atoms with Crippen molar-refractivity contribution in [2.45, 2.75) is 26.0 Å². The predicted molar refractivity (Wildman–Crippen MR) is 70.9 cm³/mol. The molecular weight excluding hydrogens is 344 g/mol. The van der Waals surface area contributed by atoms with Crippen LogP contribution in [-0.2, 0) is 4.74 Å². The van der Waals surface area contributed by atoms with E-state index in [4.69, 9.17) is 10.6 Å². The van der Waals surface area contributed by atoms with Gasteiger partial charge in [0.25, 0.3) is 0 Å². The van der Waals surface area contributed by atoms with Gasteiger partial charge in [-0.25, -0.2) is 5.43 Å². The molecule has 1 aromatic heterocycles. The molecule has 6 heteroatoms. The second kappa shape index (κ2) is 6.32. The summed E-state index contributed by atoms with van der Waals surface area (Å²) in [6, 6.07) is 2.09. The van der Waals surface area contributed by atoms with Crippen LogP contribution in [0, 0.1) is 0 Å². The lowest BCUT2D eigenvalue weighted by Gasteiger charge is -2.16. The summed E-state index contributed by atoms with van der Waals surface area (Å²) in [7, 11) is 0. The molecule has 0 aromatic carbocycles. The molecule has 0 fully saturated rings. The molecule has 0 spiro atoms. The summed E-state index contributed by atoms with van der Waals surface area (Å²) < 4.78 is 7.65. The average Bonchev–Trinajstić information content (AvgIpc) is 2.47. The molecule has 0 bridgehead atoms. The Hall–Kier alpha value is 0.540. The summed E-state index contributed by atoms with van der Waals surface area (Å²) in [5.41, 5.74) is 2.76. The van der Waals surface area contributed by atoms with Crippen molar-refractivity contribution in [2.24, 2.45) is 5.84 Å². The highest BCUT2D eigenvalue weighted by Gasteiger charge is 2.15. The van der Waals surface area contributed by atoms with Crippen molar-refractivity contribution >= 4 is 43.2 Å². The average molecular weight is 358 g/mol. The molecule has 0 saturated carbocycles. The molecule has 86 valence electrons. The fourth-order valence-electron chi connectivity index (χ4n) is 1.04. The molecular formula is C9H14Br2N2OS. The van der Waals surface area contributed by atoms with Crippen molar-refractivity contribution in [3.8, 4) is 0 Å². The van der Waals surface area contributed by atoms with Crippen LogP contribution in [0.2, 0.25) is 0 Å². The first-order valence-corrected chi connectivity index (χ1v) is 6.97. The Balaban J connectivity index is 2.65. The molecule has 0 aliphatic carbocycles. The van der Waals surface area contributed by atoms with Crippen LogP contribution in [0.15, 0.2) is 14.3 Å². The Morgan fingerprint density at radius 2 is 2.20 bits per heavy atom. The van der Waals surface area contributed by atoms with Gasteiger partial charge in [-0.1, -0.05) is 0 Å². The van der Waals surface area contributed by atoms with Gasteiger partial charge in [-0.2, -0.15) is 0 Å². The minimum atomic E-state index is 0.0417. The summed E-state index contributed by atoms with van der Waals surface area (Å²) in [6.45, 7) is 4.59. The van der Waals surface area contributed by atoms with Crippen LogP contribution in [0.1, 0.15) is 24.8 Å². The minimum Gasteiger partial charge on any atom is -0.377 e. The van der Waals surface area contributed by atoms with Gasteiger partial charge in [-0.05, 0) is 51.8 Å². The number of hydrazine groups is 1. The Morgan fingerprint density at radius 3 is 2.60 bits per heavy atom. The van der Waals surface area contributed by atoms with Crippen LogP contribution in [-0.4, -0.2) is 12.7 Å². The van der Waals surface area contributed by atoms with E-state index in [9.17, 15) is 0 Å². The van der Waals surface area contributed by atoms with E-state index in [-0.39, 0.29) is 12.1 Å². The summed E-state index contributed by atoms with van der Waals surface area (Å²) in [6.07, 6.45) is 0.215. The highest BCUT2D eigenvalue weighted by atomic mass is 79.9. The molecule has 3 nitrogen and oxygen atoms in total. The van der Waals surface area contributed by atoms with Crippen molar-refractivity contribution in [3.63, 3.8) is 0 Å². The fourth-order valence-corrected chi connectivity index (χ4v) is 3.17. The number of thiophene rings is 1. The van der Waals surface area contributed by atoms with Crippen LogP contribution < -0.4 is 11.3 Å². The normalized spacial score (nSPS) is 13.5. The zero-order chi connectivity index (χ0) is 11.4. The molecule has 1 unspecified atom stereocenters. The maximum Gasteiger partial charge on any atom is 0.0843 e. The van der Waals surface area contributed by atoms with Crippen LogP contribution in [0.5, 0.6) is 0 Å². The van der Waals surface area contributed by atoms with E-state index in [0.717, 1.165) is 13.1 Å². The van der Waals surface area contributed by atoms with Gasteiger partial charge in [0.05, 0.1) is 22.5 Å². The monoisotopic (exact) mass is 356 g/mol. The van der Waals surface area contributed by atoms with Gasteiger partial charge in [0.15, 0.2) is 0 Å². The predicted octanol–water partition coefficient (Wildman–Crippen LogP) is 3.20. The van der Waals surface area contributed by atoms with Crippen LogP contribution in [0.3, 0.4) is 0 Å². The minimum absolute atomic E-state index is 0.0417. The van der Waals surface area contributed by atoms with Crippen molar-refractivity contribution in [1.29, 1.82) is 0 Å².